The fourth-order valence-corrected chi connectivity index (χ4v) is 3.82. The Morgan fingerprint density at radius 1 is 1.09 bits per heavy atom. The lowest BCUT2D eigenvalue weighted by molar-refractivity contribution is 0.0821. The zero-order valence-corrected chi connectivity index (χ0v) is 18.1. The van der Waals surface area contributed by atoms with Crippen LogP contribution in [0.3, 0.4) is 0 Å². The highest BCUT2D eigenvalue weighted by molar-refractivity contribution is 6.11. The van der Waals surface area contributed by atoms with Crippen molar-refractivity contribution in [1.82, 2.24) is 34.7 Å². The molecule has 5 aromatic rings. The lowest BCUT2D eigenvalue weighted by atomic mass is 10.1. The Balaban J connectivity index is 1.50. The number of nitrogens with one attached hydrogen (secondary N) is 1. The second-order valence-corrected chi connectivity index (χ2v) is 7.54. The maximum absolute atomic E-state index is 14.2. The SMILES string of the molecule is Cc1cc(NC(=O)c2ccn(-c3cccc4ncccc34)c2C(=O)F)cnc1-c1nnnn1C. The lowest BCUT2D eigenvalue weighted by Gasteiger charge is -2.11. The van der Waals surface area contributed by atoms with Crippen LogP contribution in [0.1, 0.15) is 26.4 Å². The van der Waals surface area contributed by atoms with Gasteiger partial charge in [-0.2, -0.15) is 4.39 Å². The van der Waals surface area contributed by atoms with Gasteiger partial charge >= 0.3 is 6.04 Å². The summed E-state index contributed by atoms with van der Waals surface area (Å²) in [7, 11) is 1.69. The fraction of sp³-hybridized carbons (Fsp3) is 0.0870. The summed E-state index contributed by atoms with van der Waals surface area (Å²) in [6.45, 7) is 1.80. The number of aromatic nitrogens is 7. The van der Waals surface area contributed by atoms with Gasteiger partial charge < -0.3 is 9.88 Å². The molecule has 34 heavy (non-hydrogen) atoms. The third-order valence-electron chi connectivity index (χ3n) is 5.37. The lowest BCUT2D eigenvalue weighted by Crippen LogP contribution is -2.16. The molecule has 0 aliphatic heterocycles. The van der Waals surface area contributed by atoms with Crippen molar-refractivity contribution in [2.24, 2.45) is 7.05 Å². The number of carbonyl (C=O) groups is 2. The van der Waals surface area contributed by atoms with Gasteiger partial charge in [-0.15, -0.1) is 5.10 Å². The van der Waals surface area contributed by atoms with Gasteiger partial charge in [0.05, 0.1) is 28.7 Å². The van der Waals surface area contributed by atoms with Gasteiger partial charge in [0.25, 0.3) is 5.91 Å². The molecule has 5 rings (SSSR count). The van der Waals surface area contributed by atoms with E-state index in [2.05, 4.69) is 30.8 Å². The monoisotopic (exact) mass is 456 g/mol. The molecule has 0 saturated heterocycles. The van der Waals surface area contributed by atoms with Crippen LogP contribution in [-0.4, -0.2) is 46.7 Å². The first-order valence-corrected chi connectivity index (χ1v) is 10.2. The van der Waals surface area contributed by atoms with Gasteiger partial charge in [0.2, 0.25) is 5.82 Å². The van der Waals surface area contributed by atoms with Crippen molar-refractivity contribution in [3.63, 3.8) is 0 Å². The Morgan fingerprint density at radius 3 is 2.68 bits per heavy atom. The number of amides is 1. The van der Waals surface area contributed by atoms with Crippen molar-refractivity contribution in [2.75, 3.05) is 5.32 Å². The third-order valence-corrected chi connectivity index (χ3v) is 5.37. The molecule has 4 aromatic heterocycles. The molecule has 10 nitrogen and oxygen atoms in total. The van der Waals surface area contributed by atoms with Crippen molar-refractivity contribution < 1.29 is 14.0 Å². The number of anilines is 1. The van der Waals surface area contributed by atoms with E-state index in [4.69, 9.17) is 0 Å². The Kier molecular flexibility index (Phi) is 5.13. The molecule has 1 amide bonds. The van der Waals surface area contributed by atoms with Gasteiger partial charge in [-0.1, -0.05) is 6.07 Å². The van der Waals surface area contributed by atoms with E-state index in [1.165, 1.54) is 27.7 Å². The van der Waals surface area contributed by atoms with Crippen LogP contribution >= 0.6 is 0 Å². The van der Waals surface area contributed by atoms with Crippen LogP contribution in [0.15, 0.2) is 61.1 Å². The highest BCUT2D eigenvalue weighted by atomic mass is 19.1. The van der Waals surface area contributed by atoms with Crippen molar-refractivity contribution in [3.8, 4) is 17.2 Å². The van der Waals surface area contributed by atoms with Gasteiger partial charge in [0, 0.05) is 24.8 Å². The number of carbonyl (C=O) groups excluding carboxylic acids is 2. The molecule has 168 valence electrons. The minimum atomic E-state index is -1.73. The molecule has 0 radical (unpaired) electrons. The molecule has 1 aromatic carbocycles. The highest BCUT2D eigenvalue weighted by Crippen LogP contribution is 2.26. The first-order chi connectivity index (χ1) is 16.4. The van der Waals surface area contributed by atoms with Crippen LogP contribution in [0.25, 0.3) is 28.1 Å². The number of fused-ring (bicyclic) bond motifs is 1. The van der Waals surface area contributed by atoms with E-state index in [1.807, 2.05) is 12.1 Å². The number of benzene rings is 1. The second-order valence-electron chi connectivity index (χ2n) is 7.54. The minimum absolute atomic E-state index is 0.104. The maximum atomic E-state index is 14.2. The van der Waals surface area contributed by atoms with Crippen LogP contribution < -0.4 is 5.32 Å². The summed E-state index contributed by atoms with van der Waals surface area (Å²) in [4.78, 5) is 33.6. The van der Waals surface area contributed by atoms with E-state index in [9.17, 15) is 14.0 Å². The average Bonchev–Trinajstić information content (AvgIpc) is 3.45. The maximum Gasteiger partial charge on any atom is 0.349 e. The number of pyridine rings is 2. The summed E-state index contributed by atoms with van der Waals surface area (Å²) < 4.78 is 17.0. The number of rotatable bonds is 5. The number of hydrogen-bond acceptors (Lipinski definition) is 7. The quantitative estimate of drug-likeness (QED) is 0.403. The van der Waals surface area contributed by atoms with Crippen LogP contribution in [0, 0.1) is 6.92 Å². The molecule has 0 bridgehead atoms. The van der Waals surface area contributed by atoms with Crippen LogP contribution in [-0.2, 0) is 7.05 Å². The summed E-state index contributed by atoms with van der Waals surface area (Å²) in [5.41, 5.74) is 2.38. The van der Waals surface area contributed by atoms with Crippen molar-refractivity contribution in [2.45, 2.75) is 6.92 Å². The van der Waals surface area contributed by atoms with Crippen LogP contribution in [0.5, 0.6) is 0 Å². The number of nitrogens with zero attached hydrogens (tertiary/aromatic N) is 7. The van der Waals surface area contributed by atoms with E-state index in [-0.39, 0.29) is 11.3 Å². The fourth-order valence-electron chi connectivity index (χ4n) is 3.82. The second kappa shape index (κ2) is 8.28. The Labute approximate surface area is 192 Å². The molecule has 1 N–H and O–H groups in total. The van der Waals surface area contributed by atoms with Crippen molar-refractivity contribution in [3.05, 3.63) is 77.9 Å². The van der Waals surface area contributed by atoms with Crippen LogP contribution in [0.2, 0.25) is 0 Å². The number of hydrogen-bond donors (Lipinski definition) is 1. The molecule has 4 heterocycles. The van der Waals surface area contributed by atoms with Gasteiger partial charge in [0.1, 0.15) is 11.4 Å². The summed E-state index contributed by atoms with van der Waals surface area (Å²) >= 11 is 0. The Hall–Kier alpha value is -4.80. The Bertz CT molecular complexity index is 1570. The van der Waals surface area contributed by atoms with Gasteiger partial charge in [-0.3, -0.25) is 19.6 Å². The molecule has 0 aliphatic rings. The molecule has 0 unspecified atom stereocenters. The molecule has 0 aliphatic carbocycles. The van der Waals surface area contributed by atoms with E-state index in [0.29, 0.717) is 33.8 Å². The zero-order valence-electron chi connectivity index (χ0n) is 18.1. The normalized spacial score (nSPS) is 11.0. The van der Waals surface area contributed by atoms with Crippen molar-refractivity contribution in [1.29, 1.82) is 0 Å². The first-order valence-electron chi connectivity index (χ1n) is 10.2. The molecule has 11 heteroatoms. The standard InChI is InChI=1S/C23H17FN8O2/c1-13-11-14(12-26-19(13)22-28-29-30-31(22)2)27-23(34)16-8-10-32(20(16)21(24)33)18-7-3-6-17-15(18)5-4-9-25-17/h3-12H,1-2H3,(H,27,34). The summed E-state index contributed by atoms with van der Waals surface area (Å²) in [6.07, 6.45) is 4.57. The molecular formula is C23H17FN8O2. The number of tetrazole rings is 1. The van der Waals surface area contributed by atoms with E-state index >= 15 is 0 Å². The molecule has 0 saturated carbocycles. The van der Waals surface area contributed by atoms with E-state index < -0.39 is 11.9 Å². The van der Waals surface area contributed by atoms with Crippen molar-refractivity contribution >= 4 is 28.5 Å². The highest BCUT2D eigenvalue weighted by Gasteiger charge is 2.24. The topological polar surface area (TPSA) is 120 Å². The van der Waals surface area contributed by atoms with Gasteiger partial charge in [-0.05, 0) is 59.3 Å². The predicted molar refractivity (Wildman–Crippen MR) is 121 cm³/mol. The smallest absolute Gasteiger partial charge is 0.321 e. The summed E-state index contributed by atoms with van der Waals surface area (Å²) in [5, 5.41) is 14.7. The molecule has 0 fully saturated rings. The van der Waals surface area contributed by atoms with E-state index in [1.54, 1.807) is 44.4 Å². The minimum Gasteiger partial charge on any atom is -0.321 e. The largest absolute Gasteiger partial charge is 0.349 e. The summed E-state index contributed by atoms with van der Waals surface area (Å²) in [5.74, 6) is -0.172. The zero-order chi connectivity index (χ0) is 23.8. The van der Waals surface area contributed by atoms with Gasteiger partial charge in [-0.25, -0.2) is 4.68 Å². The average molecular weight is 456 g/mol. The number of aryl methyl sites for hydroxylation is 2. The predicted octanol–water partition coefficient (Wildman–Crippen LogP) is 3.28. The van der Waals surface area contributed by atoms with E-state index in [0.717, 1.165) is 5.56 Å². The first kappa shape index (κ1) is 21.1. The molecular weight excluding hydrogens is 439 g/mol. The number of halogens is 1. The third kappa shape index (κ3) is 3.58. The molecule has 0 spiro atoms. The van der Waals surface area contributed by atoms with Crippen LogP contribution in [0.4, 0.5) is 10.1 Å². The summed E-state index contributed by atoms with van der Waals surface area (Å²) in [6, 6.07) is 10.2. The van der Waals surface area contributed by atoms with Gasteiger partial charge in [0.15, 0.2) is 0 Å². The Morgan fingerprint density at radius 2 is 1.94 bits per heavy atom. The molecule has 0 atom stereocenters.